The first kappa shape index (κ1) is 19.5. The molecule has 1 aliphatic heterocycles. The van der Waals surface area contributed by atoms with Gasteiger partial charge in [0, 0.05) is 36.2 Å². The minimum Gasteiger partial charge on any atom is -0.491 e. The Hall–Kier alpha value is -3.48. The number of nitrogens with zero attached hydrogens (tertiary/aromatic N) is 2. The Morgan fingerprint density at radius 1 is 1.23 bits per heavy atom. The van der Waals surface area contributed by atoms with Crippen LogP contribution in [-0.4, -0.2) is 34.4 Å². The summed E-state index contributed by atoms with van der Waals surface area (Å²) in [6, 6.07) is 10.6. The number of benzene rings is 2. The monoisotopic (exact) mass is 421 g/mol. The van der Waals surface area contributed by atoms with Crippen molar-refractivity contribution in [2.24, 2.45) is 0 Å². The van der Waals surface area contributed by atoms with Crippen LogP contribution in [0.15, 0.2) is 36.4 Å². The third-order valence-electron chi connectivity index (χ3n) is 5.97. The maximum Gasteiger partial charge on any atom is 0.219 e. The molecule has 1 amide bonds. The van der Waals surface area contributed by atoms with Crippen LogP contribution in [0.1, 0.15) is 29.4 Å². The van der Waals surface area contributed by atoms with Gasteiger partial charge in [0.2, 0.25) is 5.91 Å². The Balaban J connectivity index is 1.70. The molecule has 0 spiro atoms. The van der Waals surface area contributed by atoms with Gasteiger partial charge in [-0.1, -0.05) is 18.2 Å². The van der Waals surface area contributed by atoms with Gasteiger partial charge in [0.15, 0.2) is 17.4 Å². The molecule has 2 aromatic heterocycles. The third kappa shape index (κ3) is 3.21. The zero-order valence-corrected chi connectivity index (χ0v) is 17.3. The number of amides is 1. The molecule has 0 fully saturated rings. The number of aromatic nitrogens is 2. The van der Waals surface area contributed by atoms with E-state index in [1.165, 1.54) is 19.2 Å². The highest BCUT2D eigenvalue weighted by Crippen LogP contribution is 2.35. The Bertz CT molecular complexity index is 1320. The molecule has 0 aliphatic carbocycles. The van der Waals surface area contributed by atoms with E-state index in [4.69, 9.17) is 9.72 Å². The predicted molar refractivity (Wildman–Crippen MR) is 114 cm³/mol. The van der Waals surface area contributed by atoms with Crippen LogP contribution in [0.3, 0.4) is 0 Å². The average Bonchev–Trinajstić information content (AvgIpc) is 3.13. The number of halogens is 2. The first-order valence-electron chi connectivity index (χ1n) is 10.1. The van der Waals surface area contributed by atoms with Gasteiger partial charge in [-0.25, -0.2) is 8.78 Å². The fraction of sp³-hybridized carbons (Fsp3) is 0.250. The normalized spacial score (nSPS) is 13.6. The van der Waals surface area contributed by atoms with Crippen LogP contribution in [0, 0.1) is 11.6 Å². The van der Waals surface area contributed by atoms with Crippen LogP contribution in [-0.2, 0) is 24.2 Å². The van der Waals surface area contributed by atoms with E-state index in [-0.39, 0.29) is 12.3 Å². The summed E-state index contributed by atoms with van der Waals surface area (Å²) in [5, 5.41) is 2.16. The molecular weight excluding hydrogens is 400 g/mol. The number of nitrogens with one attached hydrogen (secondary N) is 1. The first-order valence-corrected chi connectivity index (χ1v) is 10.1. The van der Waals surface area contributed by atoms with Gasteiger partial charge < -0.3 is 14.6 Å². The molecule has 0 saturated carbocycles. The Kier molecular flexibility index (Phi) is 4.61. The number of rotatable bonds is 3. The first-order chi connectivity index (χ1) is 15.0. The summed E-state index contributed by atoms with van der Waals surface area (Å²) in [6.45, 7) is 2.63. The summed E-state index contributed by atoms with van der Waals surface area (Å²) in [5.74, 6) is -1.88. The SMILES string of the molecule is COc1c(F)cc(Cc2nc3c(c4c2[nH]c2ccccc24)CCN(C(C)=O)C3)cc1F. The van der Waals surface area contributed by atoms with Gasteiger partial charge in [0.1, 0.15) is 0 Å². The Morgan fingerprint density at radius 3 is 2.68 bits per heavy atom. The summed E-state index contributed by atoms with van der Waals surface area (Å²) in [7, 11) is 1.24. The molecule has 0 saturated heterocycles. The standard InChI is InChI=1S/C24H21F2N3O2/c1-13(30)29-8-7-16-21(12-29)27-20(11-14-9-17(25)24(31-2)18(26)10-14)23-22(16)15-5-3-4-6-19(15)28-23/h3-6,9-10,28H,7-8,11-12H2,1-2H3. The quantitative estimate of drug-likeness (QED) is 0.530. The number of hydrogen-bond donors (Lipinski definition) is 1. The molecule has 0 atom stereocenters. The van der Waals surface area contributed by atoms with Crippen molar-refractivity contribution >= 4 is 27.7 Å². The van der Waals surface area contributed by atoms with Gasteiger partial charge in [0.25, 0.3) is 0 Å². The van der Waals surface area contributed by atoms with E-state index in [9.17, 15) is 13.6 Å². The number of carbonyl (C=O) groups is 1. The number of carbonyl (C=O) groups excluding carboxylic acids is 1. The Labute approximate surface area is 177 Å². The zero-order chi connectivity index (χ0) is 21.7. The topological polar surface area (TPSA) is 58.2 Å². The minimum absolute atomic E-state index is 0.00678. The van der Waals surface area contributed by atoms with Crippen molar-refractivity contribution in [1.82, 2.24) is 14.9 Å². The molecule has 31 heavy (non-hydrogen) atoms. The number of methoxy groups -OCH3 is 1. The maximum atomic E-state index is 14.3. The molecule has 3 heterocycles. The van der Waals surface area contributed by atoms with E-state index in [0.29, 0.717) is 30.8 Å². The van der Waals surface area contributed by atoms with Crippen LogP contribution in [0.25, 0.3) is 21.8 Å². The summed E-state index contributed by atoms with van der Waals surface area (Å²) in [5.41, 5.74) is 4.97. The van der Waals surface area contributed by atoms with Gasteiger partial charge in [-0.15, -0.1) is 0 Å². The molecule has 5 rings (SSSR count). The highest BCUT2D eigenvalue weighted by Gasteiger charge is 2.25. The second kappa shape index (κ2) is 7.34. The lowest BCUT2D eigenvalue weighted by Gasteiger charge is -2.28. The van der Waals surface area contributed by atoms with Gasteiger partial charge in [-0.2, -0.15) is 0 Å². The third-order valence-corrected chi connectivity index (χ3v) is 5.97. The molecule has 0 radical (unpaired) electrons. The Morgan fingerprint density at radius 2 is 1.97 bits per heavy atom. The molecule has 4 aromatic rings. The zero-order valence-electron chi connectivity index (χ0n) is 17.3. The second-order valence-electron chi connectivity index (χ2n) is 7.86. The van der Waals surface area contributed by atoms with Crippen molar-refractivity contribution in [2.45, 2.75) is 26.3 Å². The van der Waals surface area contributed by atoms with Crippen molar-refractivity contribution in [3.8, 4) is 5.75 Å². The van der Waals surface area contributed by atoms with E-state index in [1.807, 2.05) is 18.2 Å². The number of H-pyrrole nitrogens is 1. The summed E-state index contributed by atoms with van der Waals surface area (Å²) >= 11 is 0. The molecule has 7 heteroatoms. The number of aromatic amines is 1. The molecule has 5 nitrogen and oxygen atoms in total. The summed E-state index contributed by atoms with van der Waals surface area (Å²) in [6.07, 6.45) is 0.959. The lowest BCUT2D eigenvalue weighted by molar-refractivity contribution is -0.129. The summed E-state index contributed by atoms with van der Waals surface area (Å²) < 4.78 is 33.3. The van der Waals surface area contributed by atoms with Gasteiger partial charge >= 0.3 is 0 Å². The molecule has 1 aliphatic rings. The molecular formula is C24H21F2N3O2. The predicted octanol–water partition coefficient (Wildman–Crippen LogP) is 4.50. The number of fused-ring (bicyclic) bond motifs is 5. The fourth-order valence-corrected chi connectivity index (χ4v) is 4.51. The van der Waals surface area contributed by atoms with Gasteiger partial charge in [-0.05, 0) is 35.7 Å². The van der Waals surface area contributed by atoms with Crippen LogP contribution >= 0.6 is 0 Å². The van der Waals surface area contributed by atoms with E-state index >= 15 is 0 Å². The molecule has 0 bridgehead atoms. The molecule has 0 unspecified atom stereocenters. The van der Waals surface area contributed by atoms with E-state index < -0.39 is 17.4 Å². The average molecular weight is 421 g/mol. The number of para-hydroxylation sites is 1. The molecule has 2 aromatic carbocycles. The number of hydrogen-bond acceptors (Lipinski definition) is 3. The minimum atomic E-state index is -0.744. The molecule has 158 valence electrons. The maximum absolute atomic E-state index is 14.3. The van der Waals surface area contributed by atoms with Crippen molar-refractivity contribution in [3.05, 3.63) is 70.5 Å². The van der Waals surface area contributed by atoms with Crippen LogP contribution < -0.4 is 4.74 Å². The largest absolute Gasteiger partial charge is 0.491 e. The number of ether oxygens (including phenoxy) is 1. The van der Waals surface area contributed by atoms with Crippen LogP contribution in [0.4, 0.5) is 8.78 Å². The van der Waals surface area contributed by atoms with Crippen LogP contribution in [0.5, 0.6) is 5.75 Å². The lowest BCUT2D eigenvalue weighted by Crippen LogP contribution is -2.35. The number of pyridine rings is 1. The fourth-order valence-electron chi connectivity index (χ4n) is 4.51. The van der Waals surface area contributed by atoms with Crippen molar-refractivity contribution < 1.29 is 18.3 Å². The van der Waals surface area contributed by atoms with Crippen molar-refractivity contribution in [3.63, 3.8) is 0 Å². The van der Waals surface area contributed by atoms with Gasteiger partial charge in [-0.3, -0.25) is 9.78 Å². The highest BCUT2D eigenvalue weighted by molar-refractivity contribution is 6.10. The van der Waals surface area contributed by atoms with E-state index in [2.05, 4.69) is 11.1 Å². The lowest BCUT2D eigenvalue weighted by atomic mass is 9.96. The summed E-state index contributed by atoms with van der Waals surface area (Å²) in [4.78, 5) is 22.0. The van der Waals surface area contributed by atoms with Crippen molar-refractivity contribution in [2.75, 3.05) is 13.7 Å². The van der Waals surface area contributed by atoms with Gasteiger partial charge in [0.05, 0.1) is 30.6 Å². The van der Waals surface area contributed by atoms with E-state index in [0.717, 1.165) is 33.1 Å². The smallest absolute Gasteiger partial charge is 0.219 e. The highest BCUT2D eigenvalue weighted by atomic mass is 19.1. The van der Waals surface area contributed by atoms with Crippen LogP contribution in [0.2, 0.25) is 0 Å². The second-order valence-corrected chi connectivity index (χ2v) is 7.86. The van der Waals surface area contributed by atoms with Crippen molar-refractivity contribution in [1.29, 1.82) is 0 Å². The van der Waals surface area contributed by atoms with E-state index in [1.54, 1.807) is 11.8 Å². The molecule has 1 N–H and O–H groups in total.